The summed E-state index contributed by atoms with van der Waals surface area (Å²) in [4.78, 5) is 29.5. The highest BCUT2D eigenvalue weighted by Crippen LogP contribution is 2.14. The number of hydrogen-bond donors (Lipinski definition) is 2. The lowest BCUT2D eigenvalue weighted by Gasteiger charge is -2.20. The van der Waals surface area contributed by atoms with E-state index in [1.54, 1.807) is 48.3 Å². The maximum atomic E-state index is 12.2. The molecule has 0 bridgehead atoms. The van der Waals surface area contributed by atoms with E-state index in [9.17, 15) is 9.59 Å². The van der Waals surface area contributed by atoms with Gasteiger partial charge in [0.25, 0.3) is 0 Å². The smallest absolute Gasteiger partial charge is 0.244 e. The molecule has 6 nitrogen and oxygen atoms in total. The van der Waals surface area contributed by atoms with Gasteiger partial charge in [0, 0.05) is 13.2 Å². The molecule has 0 spiro atoms. The van der Waals surface area contributed by atoms with Crippen LogP contribution in [0.25, 0.3) is 0 Å². The Bertz CT molecular complexity index is 676. The number of nitrogens with one attached hydrogen (secondary N) is 1. The fraction of sp³-hybridized carbons (Fsp3) is 0.188. The van der Waals surface area contributed by atoms with Crippen molar-refractivity contribution >= 4 is 29.2 Å². The van der Waals surface area contributed by atoms with Crippen LogP contribution < -0.4 is 16.0 Å². The van der Waals surface area contributed by atoms with E-state index in [-0.39, 0.29) is 12.5 Å². The monoisotopic (exact) mass is 332 g/mol. The predicted molar refractivity (Wildman–Crippen MR) is 89.0 cm³/mol. The van der Waals surface area contributed by atoms with Crippen molar-refractivity contribution in [2.75, 3.05) is 18.5 Å². The van der Waals surface area contributed by atoms with Crippen LogP contribution in [0, 0.1) is 0 Å². The van der Waals surface area contributed by atoms with Crippen LogP contribution in [0.4, 0.5) is 5.82 Å². The van der Waals surface area contributed by atoms with Crippen LogP contribution in [0.1, 0.15) is 11.6 Å². The van der Waals surface area contributed by atoms with Gasteiger partial charge >= 0.3 is 0 Å². The fourth-order valence-corrected chi connectivity index (χ4v) is 2.17. The highest BCUT2D eigenvalue weighted by Gasteiger charge is 2.20. The van der Waals surface area contributed by atoms with Gasteiger partial charge in [0.05, 0.1) is 11.6 Å². The number of primary amides is 1. The number of pyridine rings is 1. The average Bonchev–Trinajstić information content (AvgIpc) is 2.53. The molecule has 1 unspecified atom stereocenters. The summed E-state index contributed by atoms with van der Waals surface area (Å²) in [6, 6.07) is 11.4. The van der Waals surface area contributed by atoms with Gasteiger partial charge in [-0.15, -0.1) is 0 Å². The molecule has 2 amide bonds. The molecule has 0 fully saturated rings. The average molecular weight is 333 g/mol. The number of aromatic nitrogens is 1. The Balaban J connectivity index is 2.02. The van der Waals surface area contributed by atoms with Crippen LogP contribution in [0.3, 0.4) is 0 Å². The first-order valence-electron chi connectivity index (χ1n) is 6.93. The van der Waals surface area contributed by atoms with E-state index in [1.165, 1.54) is 6.20 Å². The molecule has 2 aromatic rings. The molecule has 23 heavy (non-hydrogen) atoms. The van der Waals surface area contributed by atoms with Crippen molar-refractivity contribution in [1.82, 2.24) is 10.3 Å². The van der Waals surface area contributed by atoms with Crippen LogP contribution in [-0.4, -0.2) is 30.4 Å². The number of amides is 2. The molecular weight excluding hydrogens is 316 g/mol. The van der Waals surface area contributed by atoms with E-state index < -0.39 is 11.9 Å². The highest BCUT2D eigenvalue weighted by atomic mass is 35.5. The molecule has 0 radical (unpaired) electrons. The third kappa shape index (κ3) is 4.69. The number of halogens is 1. The van der Waals surface area contributed by atoms with Crippen molar-refractivity contribution in [3.8, 4) is 0 Å². The van der Waals surface area contributed by atoms with Crippen LogP contribution in [0.2, 0.25) is 5.02 Å². The second kappa shape index (κ2) is 7.60. The van der Waals surface area contributed by atoms with Crippen molar-refractivity contribution in [1.29, 1.82) is 0 Å². The molecule has 2 rings (SSSR count). The Hall–Kier alpha value is -2.60. The summed E-state index contributed by atoms with van der Waals surface area (Å²) in [5, 5.41) is 3.15. The van der Waals surface area contributed by atoms with E-state index in [2.05, 4.69) is 10.3 Å². The van der Waals surface area contributed by atoms with Crippen molar-refractivity contribution in [3.63, 3.8) is 0 Å². The number of benzene rings is 1. The van der Waals surface area contributed by atoms with Gasteiger partial charge in [-0.1, -0.05) is 41.9 Å². The zero-order chi connectivity index (χ0) is 16.8. The van der Waals surface area contributed by atoms with Crippen molar-refractivity contribution < 1.29 is 9.59 Å². The highest BCUT2D eigenvalue weighted by molar-refractivity contribution is 6.30. The lowest BCUT2D eigenvalue weighted by molar-refractivity contribution is -0.126. The Morgan fingerprint density at radius 1 is 1.26 bits per heavy atom. The molecule has 0 saturated heterocycles. The second-order valence-corrected chi connectivity index (χ2v) is 5.44. The molecule has 1 atom stereocenters. The van der Waals surface area contributed by atoms with Gasteiger partial charge in [-0.3, -0.25) is 9.59 Å². The molecule has 0 aliphatic rings. The number of carbonyl (C=O) groups excluding carboxylic acids is 2. The van der Waals surface area contributed by atoms with E-state index in [4.69, 9.17) is 17.3 Å². The van der Waals surface area contributed by atoms with Crippen molar-refractivity contribution in [3.05, 3.63) is 59.2 Å². The predicted octanol–water partition coefficient (Wildman–Crippen LogP) is 1.51. The molecule has 7 heteroatoms. The minimum Gasteiger partial charge on any atom is -0.368 e. The molecule has 1 aromatic carbocycles. The largest absolute Gasteiger partial charge is 0.368 e. The number of anilines is 1. The second-order valence-electron chi connectivity index (χ2n) is 5.00. The molecule has 1 aromatic heterocycles. The van der Waals surface area contributed by atoms with E-state index in [0.29, 0.717) is 16.4 Å². The Labute approximate surface area is 139 Å². The van der Waals surface area contributed by atoms with Crippen molar-refractivity contribution in [2.45, 2.75) is 6.04 Å². The molecular formula is C16H17ClN4O2. The lowest BCUT2D eigenvalue weighted by Crippen LogP contribution is -2.42. The van der Waals surface area contributed by atoms with Gasteiger partial charge in [0.15, 0.2) is 0 Å². The molecule has 3 N–H and O–H groups in total. The zero-order valence-electron chi connectivity index (χ0n) is 12.6. The topological polar surface area (TPSA) is 88.3 Å². The lowest BCUT2D eigenvalue weighted by atomic mass is 10.1. The van der Waals surface area contributed by atoms with E-state index in [0.717, 1.165) is 0 Å². The number of rotatable bonds is 6. The summed E-state index contributed by atoms with van der Waals surface area (Å²) in [5.41, 5.74) is 6.02. The standard InChI is InChI=1S/C16H17ClN4O2/c1-21(13-8-7-12(17)9-19-13)10-14(22)20-15(16(18)23)11-5-3-2-4-6-11/h2-9,15H,10H2,1H3,(H2,18,23)(H,20,22). The van der Waals surface area contributed by atoms with Gasteiger partial charge in [-0.25, -0.2) is 4.98 Å². The summed E-state index contributed by atoms with van der Waals surface area (Å²) >= 11 is 5.78. The Morgan fingerprint density at radius 2 is 1.96 bits per heavy atom. The summed E-state index contributed by atoms with van der Waals surface area (Å²) in [6.45, 7) is 0.0330. The number of nitrogens with zero attached hydrogens (tertiary/aromatic N) is 2. The maximum Gasteiger partial charge on any atom is 0.244 e. The van der Waals surface area contributed by atoms with Gasteiger partial charge in [0.1, 0.15) is 11.9 Å². The normalized spacial score (nSPS) is 11.6. The van der Waals surface area contributed by atoms with Gasteiger partial charge in [-0.05, 0) is 17.7 Å². The zero-order valence-corrected chi connectivity index (χ0v) is 13.3. The third-order valence-corrected chi connectivity index (χ3v) is 3.43. The Morgan fingerprint density at radius 3 is 2.52 bits per heavy atom. The minimum atomic E-state index is -0.865. The fourth-order valence-electron chi connectivity index (χ4n) is 2.06. The van der Waals surface area contributed by atoms with Gasteiger partial charge < -0.3 is 16.0 Å². The van der Waals surface area contributed by atoms with Crippen LogP contribution in [-0.2, 0) is 9.59 Å². The van der Waals surface area contributed by atoms with Crippen LogP contribution >= 0.6 is 11.6 Å². The van der Waals surface area contributed by atoms with E-state index >= 15 is 0 Å². The summed E-state index contributed by atoms with van der Waals surface area (Å²) in [5.74, 6) is -0.353. The molecule has 0 aliphatic heterocycles. The quantitative estimate of drug-likeness (QED) is 0.839. The summed E-state index contributed by atoms with van der Waals surface area (Å²) in [7, 11) is 1.72. The number of nitrogens with two attached hydrogens (primary N) is 1. The first-order valence-corrected chi connectivity index (χ1v) is 7.31. The summed E-state index contributed by atoms with van der Waals surface area (Å²) in [6.07, 6.45) is 1.50. The van der Waals surface area contributed by atoms with Crippen molar-refractivity contribution in [2.24, 2.45) is 5.73 Å². The first kappa shape index (κ1) is 16.8. The third-order valence-electron chi connectivity index (χ3n) is 3.21. The molecule has 1 heterocycles. The number of likely N-dealkylation sites (N-methyl/N-ethyl adjacent to an activating group) is 1. The van der Waals surface area contributed by atoms with Gasteiger partial charge in [0.2, 0.25) is 11.8 Å². The minimum absolute atomic E-state index is 0.0330. The van der Waals surface area contributed by atoms with Crippen LogP contribution in [0.5, 0.6) is 0 Å². The molecule has 120 valence electrons. The number of carbonyl (C=O) groups is 2. The number of hydrogen-bond acceptors (Lipinski definition) is 4. The Kier molecular flexibility index (Phi) is 5.54. The maximum absolute atomic E-state index is 12.2. The first-order chi connectivity index (χ1) is 11.0. The SMILES string of the molecule is CN(CC(=O)NC(C(N)=O)c1ccccc1)c1ccc(Cl)cn1. The van der Waals surface area contributed by atoms with E-state index in [1.807, 2.05) is 6.07 Å². The summed E-state index contributed by atoms with van der Waals surface area (Å²) < 4.78 is 0. The van der Waals surface area contributed by atoms with Crippen LogP contribution in [0.15, 0.2) is 48.7 Å². The molecule has 0 saturated carbocycles. The van der Waals surface area contributed by atoms with Gasteiger partial charge in [-0.2, -0.15) is 0 Å². The molecule has 0 aliphatic carbocycles.